The molecule has 3 atom stereocenters. The summed E-state index contributed by atoms with van der Waals surface area (Å²) in [5.74, 6) is -4.26. The van der Waals surface area contributed by atoms with Crippen molar-refractivity contribution < 1.29 is 24.9 Å². The lowest BCUT2D eigenvalue weighted by Crippen LogP contribution is -2.32. The Hall–Kier alpha value is -1.52. The van der Waals surface area contributed by atoms with Crippen LogP contribution in [0.15, 0.2) is 11.3 Å². The quantitative estimate of drug-likeness (QED) is 0.604. The van der Waals surface area contributed by atoms with Crippen molar-refractivity contribution in [2.24, 2.45) is 17.8 Å². The predicted molar refractivity (Wildman–Crippen MR) is 44.6 cm³/mol. The standard InChI is InChI=1S/C9H10O5/c10-5-2-3-1-4(5)7(9(13)14)6(3)8(11)12/h3,6-7,10H,1-2H2,(H,11,12)(H,13,14). The highest BCUT2D eigenvalue weighted by Gasteiger charge is 2.53. The third kappa shape index (κ3) is 1.01. The summed E-state index contributed by atoms with van der Waals surface area (Å²) in [5.41, 5.74) is 0.412. The molecule has 0 aromatic heterocycles. The highest BCUT2D eigenvalue weighted by atomic mass is 16.4. The minimum atomic E-state index is -1.15. The summed E-state index contributed by atoms with van der Waals surface area (Å²) < 4.78 is 0. The molecule has 0 aliphatic heterocycles. The van der Waals surface area contributed by atoms with Gasteiger partial charge in [0.2, 0.25) is 0 Å². The molecule has 2 rings (SSSR count). The summed E-state index contributed by atoms with van der Waals surface area (Å²) in [4.78, 5) is 21.7. The number of rotatable bonds is 2. The number of aliphatic hydroxyl groups is 1. The molecule has 2 aliphatic carbocycles. The van der Waals surface area contributed by atoms with Crippen LogP contribution < -0.4 is 0 Å². The van der Waals surface area contributed by atoms with Gasteiger partial charge in [0, 0.05) is 6.42 Å². The van der Waals surface area contributed by atoms with E-state index in [1.54, 1.807) is 0 Å². The van der Waals surface area contributed by atoms with Crippen LogP contribution in [0, 0.1) is 17.8 Å². The molecule has 3 unspecified atom stereocenters. The van der Waals surface area contributed by atoms with Gasteiger partial charge in [-0.25, -0.2) is 0 Å². The first-order valence-corrected chi connectivity index (χ1v) is 4.39. The first-order chi connectivity index (χ1) is 6.52. The fourth-order valence-electron chi connectivity index (χ4n) is 2.55. The summed E-state index contributed by atoms with van der Waals surface area (Å²) >= 11 is 0. The molecule has 5 nitrogen and oxygen atoms in total. The third-order valence-corrected chi connectivity index (χ3v) is 3.10. The Labute approximate surface area is 79.7 Å². The van der Waals surface area contributed by atoms with Gasteiger partial charge in [-0.05, 0) is 17.9 Å². The summed E-state index contributed by atoms with van der Waals surface area (Å²) in [6, 6.07) is 0. The summed E-state index contributed by atoms with van der Waals surface area (Å²) in [7, 11) is 0. The van der Waals surface area contributed by atoms with E-state index in [-0.39, 0.29) is 11.7 Å². The van der Waals surface area contributed by atoms with Crippen LogP contribution in [0.1, 0.15) is 12.8 Å². The summed E-state index contributed by atoms with van der Waals surface area (Å²) in [6.45, 7) is 0. The topological polar surface area (TPSA) is 94.8 Å². The van der Waals surface area contributed by atoms with Crippen molar-refractivity contribution >= 4 is 11.9 Å². The van der Waals surface area contributed by atoms with Crippen molar-refractivity contribution in [2.45, 2.75) is 12.8 Å². The monoisotopic (exact) mass is 198 g/mol. The van der Waals surface area contributed by atoms with Crippen LogP contribution in [-0.2, 0) is 9.59 Å². The van der Waals surface area contributed by atoms with Gasteiger partial charge in [-0.3, -0.25) is 9.59 Å². The maximum atomic E-state index is 10.8. The molecule has 1 saturated carbocycles. The van der Waals surface area contributed by atoms with E-state index in [1.807, 2.05) is 0 Å². The number of carboxylic acid groups (broad SMARTS) is 2. The molecule has 1 fully saturated rings. The van der Waals surface area contributed by atoms with E-state index < -0.39 is 23.8 Å². The third-order valence-electron chi connectivity index (χ3n) is 3.10. The van der Waals surface area contributed by atoms with Crippen molar-refractivity contribution in [3.8, 4) is 0 Å². The van der Waals surface area contributed by atoms with Crippen LogP contribution in [0.2, 0.25) is 0 Å². The van der Waals surface area contributed by atoms with E-state index in [4.69, 9.17) is 10.2 Å². The van der Waals surface area contributed by atoms with Gasteiger partial charge in [0.05, 0.1) is 17.6 Å². The van der Waals surface area contributed by atoms with E-state index in [9.17, 15) is 14.7 Å². The molecule has 0 radical (unpaired) electrons. The molecular formula is C9H10O5. The van der Waals surface area contributed by atoms with Crippen LogP contribution in [0.4, 0.5) is 0 Å². The van der Waals surface area contributed by atoms with Gasteiger partial charge in [0.25, 0.3) is 0 Å². The molecule has 14 heavy (non-hydrogen) atoms. The summed E-state index contributed by atoms with van der Waals surface area (Å²) in [5, 5.41) is 27.1. The zero-order valence-corrected chi connectivity index (χ0v) is 7.30. The van der Waals surface area contributed by atoms with Crippen molar-refractivity contribution in [1.82, 2.24) is 0 Å². The number of carbonyl (C=O) groups is 2. The van der Waals surface area contributed by atoms with E-state index in [0.717, 1.165) is 0 Å². The summed E-state index contributed by atoms with van der Waals surface area (Å²) in [6.07, 6.45) is 0.732. The second-order valence-electron chi connectivity index (χ2n) is 3.82. The van der Waals surface area contributed by atoms with Gasteiger partial charge < -0.3 is 15.3 Å². The molecule has 0 aromatic rings. The number of fused-ring (bicyclic) bond motifs is 2. The minimum absolute atomic E-state index is 0.0832. The number of aliphatic hydroxyl groups excluding tert-OH is 1. The second kappa shape index (κ2) is 2.73. The number of allylic oxidation sites excluding steroid dienone is 1. The Kier molecular flexibility index (Phi) is 1.77. The average molecular weight is 198 g/mol. The second-order valence-corrected chi connectivity index (χ2v) is 3.82. The average Bonchev–Trinajstić information content (AvgIpc) is 2.58. The molecule has 2 bridgehead atoms. The number of hydrogen-bond acceptors (Lipinski definition) is 3. The van der Waals surface area contributed by atoms with Gasteiger partial charge in [0.1, 0.15) is 0 Å². The lowest BCUT2D eigenvalue weighted by Gasteiger charge is -2.21. The SMILES string of the molecule is O=C(O)C1C2=C(O)CC(C2)C1C(=O)O. The van der Waals surface area contributed by atoms with Crippen LogP contribution in [0.25, 0.3) is 0 Å². The Morgan fingerprint density at radius 2 is 1.79 bits per heavy atom. The Morgan fingerprint density at radius 3 is 2.29 bits per heavy atom. The number of aliphatic carboxylic acids is 2. The molecule has 3 N–H and O–H groups in total. The lowest BCUT2D eigenvalue weighted by molar-refractivity contribution is -0.153. The normalized spacial score (nSPS) is 35.0. The maximum absolute atomic E-state index is 10.8. The first-order valence-electron chi connectivity index (χ1n) is 4.39. The fourth-order valence-corrected chi connectivity index (χ4v) is 2.55. The molecule has 0 saturated heterocycles. The van der Waals surface area contributed by atoms with Crippen molar-refractivity contribution in [3.63, 3.8) is 0 Å². The van der Waals surface area contributed by atoms with E-state index in [0.29, 0.717) is 18.4 Å². The number of hydrogen-bond donors (Lipinski definition) is 3. The van der Waals surface area contributed by atoms with Gasteiger partial charge in [0.15, 0.2) is 0 Å². The van der Waals surface area contributed by atoms with Gasteiger partial charge in [-0.1, -0.05) is 0 Å². The van der Waals surface area contributed by atoms with Crippen LogP contribution in [0.3, 0.4) is 0 Å². The predicted octanol–water partition coefficient (Wildman–Crippen LogP) is 0.624. The zero-order valence-electron chi connectivity index (χ0n) is 7.30. The molecule has 0 spiro atoms. The fraction of sp³-hybridized carbons (Fsp3) is 0.556. The van der Waals surface area contributed by atoms with Crippen molar-refractivity contribution in [1.29, 1.82) is 0 Å². The highest BCUT2D eigenvalue weighted by Crippen LogP contribution is 2.51. The van der Waals surface area contributed by atoms with Gasteiger partial charge in [-0.15, -0.1) is 0 Å². The first kappa shape index (κ1) is 9.05. The molecule has 76 valence electrons. The smallest absolute Gasteiger partial charge is 0.311 e. The molecule has 2 aliphatic rings. The number of carboxylic acids is 2. The van der Waals surface area contributed by atoms with E-state index in [1.165, 1.54) is 0 Å². The van der Waals surface area contributed by atoms with Crippen LogP contribution in [0.5, 0.6) is 0 Å². The Bertz CT molecular complexity index is 343. The van der Waals surface area contributed by atoms with Crippen molar-refractivity contribution in [2.75, 3.05) is 0 Å². The Balaban J connectivity index is 2.39. The minimum Gasteiger partial charge on any atom is -0.512 e. The molecule has 0 amide bonds. The van der Waals surface area contributed by atoms with Crippen molar-refractivity contribution in [3.05, 3.63) is 11.3 Å². The van der Waals surface area contributed by atoms with Gasteiger partial charge in [-0.2, -0.15) is 0 Å². The van der Waals surface area contributed by atoms with E-state index >= 15 is 0 Å². The zero-order chi connectivity index (χ0) is 10.5. The van der Waals surface area contributed by atoms with Crippen LogP contribution in [-0.4, -0.2) is 27.3 Å². The molecular weight excluding hydrogens is 188 g/mol. The lowest BCUT2D eigenvalue weighted by atomic mass is 9.83. The maximum Gasteiger partial charge on any atom is 0.311 e. The molecule has 0 heterocycles. The van der Waals surface area contributed by atoms with E-state index in [2.05, 4.69) is 0 Å². The largest absolute Gasteiger partial charge is 0.512 e. The molecule has 5 heteroatoms. The Morgan fingerprint density at radius 1 is 1.14 bits per heavy atom. The molecule has 0 aromatic carbocycles. The van der Waals surface area contributed by atoms with Crippen LogP contribution >= 0.6 is 0 Å². The highest BCUT2D eigenvalue weighted by molar-refractivity contribution is 5.84. The van der Waals surface area contributed by atoms with Gasteiger partial charge >= 0.3 is 11.9 Å².